The first-order valence-electron chi connectivity index (χ1n) is 3.63. The van der Waals surface area contributed by atoms with Gasteiger partial charge in [-0.15, -0.1) is 0 Å². The van der Waals surface area contributed by atoms with Crippen LogP contribution in [0.2, 0.25) is 0 Å². The molecule has 14 heavy (non-hydrogen) atoms. The number of nitro benzene ring substituents is 1. The van der Waals surface area contributed by atoms with Gasteiger partial charge in [-0.05, 0) is 6.07 Å². The van der Waals surface area contributed by atoms with Crippen LogP contribution in [0.15, 0.2) is 18.2 Å². The van der Waals surface area contributed by atoms with Crippen molar-refractivity contribution in [3.63, 3.8) is 0 Å². The van der Waals surface area contributed by atoms with E-state index in [0.29, 0.717) is 0 Å². The van der Waals surface area contributed by atoms with E-state index < -0.39 is 10.9 Å². The van der Waals surface area contributed by atoms with Gasteiger partial charge in [0.1, 0.15) is 0 Å². The van der Waals surface area contributed by atoms with E-state index in [9.17, 15) is 14.9 Å². The average Bonchev–Trinajstić information content (AvgIpc) is 2.16. The van der Waals surface area contributed by atoms with E-state index in [-0.39, 0.29) is 22.1 Å². The van der Waals surface area contributed by atoms with E-state index in [0.717, 1.165) is 0 Å². The molecule has 1 rings (SSSR count). The van der Waals surface area contributed by atoms with Crippen molar-refractivity contribution in [2.24, 2.45) is 0 Å². The highest BCUT2D eigenvalue weighted by atomic mass is 79.9. The summed E-state index contributed by atoms with van der Waals surface area (Å²) in [6.45, 7) is 0. The molecule has 0 aromatic heterocycles. The maximum Gasteiger partial charge on any atom is 0.336 e. The lowest BCUT2D eigenvalue weighted by Gasteiger charge is -2.02. The number of alkyl halides is 1. The second kappa shape index (κ2) is 4.19. The van der Waals surface area contributed by atoms with Gasteiger partial charge in [-0.2, -0.15) is 0 Å². The third kappa shape index (κ3) is 1.90. The molecule has 0 saturated heterocycles. The summed E-state index contributed by atoms with van der Waals surface area (Å²) in [7, 11) is 0. The number of benzene rings is 1. The van der Waals surface area contributed by atoms with Crippen LogP contribution in [0.3, 0.4) is 0 Å². The molecular formula is C8H6BrNO4. The number of halogens is 1. The van der Waals surface area contributed by atoms with Crippen LogP contribution in [-0.2, 0) is 5.33 Å². The molecule has 0 saturated carbocycles. The standard InChI is InChI=1S/C8H6BrNO4/c9-4-6-5(8(11)12)2-1-3-7(6)10(13)14/h1-3H,4H2,(H,11,12). The second-order valence-corrected chi connectivity index (χ2v) is 3.06. The molecule has 1 N–H and O–H groups in total. The fraction of sp³-hybridized carbons (Fsp3) is 0.125. The molecule has 6 heteroatoms. The lowest BCUT2D eigenvalue weighted by atomic mass is 10.1. The third-order valence-corrected chi connectivity index (χ3v) is 2.27. The first kappa shape index (κ1) is 10.6. The number of hydrogen-bond donors (Lipinski definition) is 1. The van der Waals surface area contributed by atoms with Crippen LogP contribution < -0.4 is 0 Å². The zero-order valence-corrected chi connectivity index (χ0v) is 8.52. The van der Waals surface area contributed by atoms with Crippen LogP contribution in [0, 0.1) is 10.1 Å². The van der Waals surface area contributed by atoms with Crippen LogP contribution in [0.25, 0.3) is 0 Å². The highest BCUT2D eigenvalue weighted by Gasteiger charge is 2.19. The molecule has 0 aliphatic carbocycles. The maximum atomic E-state index is 10.7. The summed E-state index contributed by atoms with van der Waals surface area (Å²) in [6.07, 6.45) is 0. The predicted octanol–water partition coefficient (Wildman–Crippen LogP) is 2.19. The van der Waals surface area contributed by atoms with Crippen molar-refractivity contribution in [1.29, 1.82) is 0 Å². The summed E-state index contributed by atoms with van der Waals surface area (Å²) in [5, 5.41) is 19.5. The molecule has 0 bridgehead atoms. The summed E-state index contributed by atoms with van der Waals surface area (Å²) in [5.41, 5.74) is -0.0390. The lowest BCUT2D eigenvalue weighted by Crippen LogP contribution is -2.04. The molecule has 5 nitrogen and oxygen atoms in total. The van der Waals surface area contributed by atoms with Gasteiger partial charge in [-0.1, -0.05) is 22.0 Å². The predicted molar refractivity (Wildman–Crippen MR) is 52.7 cm³/mol. The van der Waals surface area contributed by atoms with E-state index in [4.69, 9.17) is 5.11 Å². The molecule has 1 aromatic rings. The molecule has 74 valence electrons. The lowest BCUT2D eigenvalue weighted by molar-refractivity contribution is -0.385. The Labute approximate surface area is 87.6 Å². The van der Waals surface area contributed by atoms with E-state index in [1.807, 2.05) is 0 Å². The fourth-order valence-electron chi connectivity index (χ4n) is 1.09. The van der Waals surface area contributed by atoms with Gasteiger partial charge in [0.25, 0.3) is 5.69 Å². The zero-order valence-electron chi connectivity index (χ0n) is 6.94. The van der Waals surface area contributed by atoms with E-state index in [1.165, 1.54) is 18.2 Å². The van der Waals surface area contributed by atoms with Crippen LogP contribution in [0.1, 0.15) is 15.9 Å². The second-order valence-electron chi connectivity index (χ2n) is 2.50. The monoisotopic (exact) mass is 259 g/mol. The number of hydrogen-bond acceptors (Lipinski definition) is 3. The number of nitro groups is 1. The SMILES string of the molecule is O=C(O)c1cccc([N+](=O)[O-])c1CBr. The van der Waals surface area contributed by atoms with Crippen molar-refractivity contribution in [1.82, 2.24) is 0 Å². The quantitative estimate of drug-likeness (QED) is 0.513. The minimum Gasteiger partial charge on any atom is -0.478 e. The highest BCUT2D eigenvalue weighted by molar-refractivity contribution is 9.08. The number of carboxylic acid groups (broad SMARTS) is 1. The molecule has 0 spiro atoms. The average molecular weight is 260 g/mol. The Bertz CT molecular complexity index is 359. The molecular weight excluding hydrogens is 254 g/mol. The molecule has 0 aliphatic heterocycles. The molecule has 0 heterocycles. The molecule has 0 atom stereocenters. The Morgan fingerprint density at radius 1 is 1.57 bits per heavy atom. The minimum atomic E-state index is -1.16. The van der Waals surface area contributed by atoms with E-state index >= 15 is 0 Å². The van der Waals surface area contributed by atoms with Crippen LogP contribution >= 0.6 is 15.9 Å². The number of nitrogens with zero attached hydrogens (tertiary/aromatic N) is 1. The first-order chi connectivity index (χ1) is 6.57. The van der Waals surface area contributed by atoms with Crippen molar-refractivity contribution in [3.8, 4) is 0 Å². The molecule has 0 amide bonds. The van der Waals surface area contributed by atoms with Crippen LogP contribution in [0.4, 0.5) is 5.69 Å². The van der Waals surface area contributed by atoms with E-state index in [1.54, 1.807) is 0 Å². The maximum absolute atomic E-state index is 10.7. The topological polar surface area (TPSA) is 80.4 Å². The smallest absolute Gasteiger partial charge is 0.336 e. The number of aromatic carboxylic acids is 1. The molecule has 1 aromatic carbocycles. The summed E-state index contributed by atoms with van der Waals surface area (Å²) < 4.78 is 0. The van der Waals surface area contributed by atoms with Crippen molar-refractivity contribution in [3.05, 3.63) is 39.4 Å². The fourth-order valence-corrected chi connectivity index (χ4v) is 1.68. The Balaban J connectivity index is 3.39. The number of carboxylic acids is 1. The molecule has 0 fully saturated rings. The summed E-state index contributed by atoms with van der Waals surface area (Å²) in [5.74, 6) is -1.16. The van der Waals surface area contributed by atoms with Gasteiger partial charge in [0, 0.05) is 11.4 Å². The van der Waals surface area contributed by atoms with Crippen LogP contribution in [-0.4, -0.2) is 16.0 Å². The van der Waals surface area contributed by atoms with Gasteiger partial charge >= 0.3 is 5.97 Å². The Kier molecular flexibility index (Phi) is 3.19. The zero-order chi connectivity index (χ0) is 10.7. The molecule has 0 aliphatic rings. The largest absolute Gasteiger partial charge is 0.478 e. The summed E-state index contributed by atoms with van der Waals surface area (Å²) in [4.78, 5) is 20.7. The number of rotatable bonds is 3. The Morgan fingerprint density at radius 2 is 2.21 bits per heavy atom. The van der Waals surface area contributed by atoms with Gasteiger partial charge in [0.05, 0.1) is 16.1 Å². The van der Waals surface area contributed by atoms with Crippen molar-refractivity contribution < 1.29 is 14.8 Å². The molecule has 0 unspecified atom stereocenters. The summed E-state index contributed by atoms with van der Waals surface area (Å²) >= 11 is 3.03. The number of carbonyl (C=O) groups is 1. The minimum absolute atomic E-state index is 0.0453. The van der Waals surface area contributed by atoms with Crippen molar-refractivity contribution in [2.75, 3.05) is 0 Å². The normalized spacial score (nSPS) is 9.79. The highest BCUT2D eigenvalue weighted by Crippen LogP contribution is 2.24. The van der Waals surface area contributed by atoms with Crippen molar-refractivity contribution in [2.45, 2.75) is 5.33 Å². The van der Waals surface area contributed by atoms with Gasteiger partial charge in [0.15, 0.2) is 0 Å². The van der Waals surface area contributed by atoms with Gasteiger partial charge in [0.2, 0.25) is 0 Å². The van der Waals surface area contributed by atoms with E-state index in [2.05, 4.69) is 15.9 Å². The Hall–Kier alpha value is -1.43. The van der Waals surface area contributed by atoms with Crippen LogP contribution in [0.5, 0.6) is 0 Å². The van der Waals surface area contributed by atoms with Crippen molar-refractivity contribution >= 4 is 27.6 Å². The Morgan fingerprint density at radius 3 is 2.64 bits per heavy atom. The third-order valence-electron chi connectivity index (χ3n) is 1.71. The van der Waals surface area contributed by atoms with Gasteiger partial charge in [-0.3, -0.25) is 10.1 Å². The van der Waals surface area contributed by atoms with Gasteiger partial charge in [-0.25, -0.2) is 4.79 Å². The first-order valence-corrected chi connectivity index (χ1v) is 4.75. The van der Waals surface area contributed by atoms with Gasteiger partial charge < -0.3 is 5.11 Å². The summed E-state index contributed by atoms with van der Waals surface area (Å²) in [6, 6.07) is 3.97. The molecule has 0 radical (unpaired) electrons.